The molecular formula is C52H63ClO5. The highest BCUT2D eigenvalue weighted by Gasteiger charge is 2.52. The maximum absolute atomic E-state index is 7.61. The zero-order valence-corrected chi connectivity index (χ0v) is 35.7. The minimum absolute atomic E-state index is 0.366. The summed E-state index contributed by atoms with van der Waals surface area (Å²) in [6.07, 6.45) is 5.28. The zero-order valence-electron chi connectivity index (χ0n) is 35.0. The van der Waals surface area contributed by atoms with Gasteiger partial charge in [0, 0.05) is 30.3 Å². The Bertz CT molecular complexity index is 1810. The number of unbranched alkanes of at least 4 members (excludes halogenated alkanes) is 3. The van der Waals surface area contributed by atoms with Crippen LogP contribution in [0.4, 0.5) is 0 Å². The lowest BCUT2D eigenvalue weighted by atomic mass is 9.65. The first-order chi connectivity index (χ1) is 28.5. The Balaban J connectivity index is 1.50. The van der Waals surface area contributed by atoms with Crippen LogP contribution >= 0.6 is 11.6 Å². The Morgan fingerprint density at radius 2 is 1.07 bits per heavy atom. The van der Waals surface area contributed by atoms with E-state index in [1.165, 1.54) is 16.7 Å². The average Bonchev–Trinajstić information content (AvgIpc) is 3.26. The van der Waals surface area contributed by atoms with E-state index in [1.54, 1.807) is 0 Å². The molecule has 6 heteroatoms. The van der Waals surface area contributed by atoms with Crippen molar-refractivity contribution >= 4 is 11.6 Å². The second-order valence-electron chi connectivity index (χ2n) is 15.5. The fraction of sp³-hybridized carbons (Fsp3) is 0.423. The molecule has 1 aliphatic heterocycles. The molecule has 0 amide bonds. The van der Waals surface area contributed by atoms with E-state index in [4.69, 9.17) is 35.3 Å². The highest BCUT2D eigenvalue weighted by molar-refractivity contribution is 6.31. The van der Waals surface area contributed by atoms with Crippen molar-refractivity contribution in [2.75, 3.05) is 26.4 Å². The van der Waals surface area contributed by atoms with Crippen LogP contribution in [0.25, 0.3) is 0 Å². The maximum atomic E-state index is 7.61. The third-order valence-electron chi connectivity index (χ3n) is 11.4. The number of benzene rings is 5. The Hall–Kier alpha value is -3.97. The molecule has 5 aromatic carbocycles. The van der Waals surface area contributed by atoms with E-state index in [-0.39, 0.29) is 18.3 Å². The number of hydrogen-bond acceptors (Lipinski definition) is 5. The second-order valence-corrected chi connectivity index (χ2v) is 15.9. The lowest BCUT2D eigenvalue weighted by molar-refractivity contribution is -0.263. The molecule has 0 unspecified atom stereocenters. The lowest BCUT2D eigenvalue weighted by Crippen LogP contribution is -2.59. The topological polar surface area (TPSA) is 46.2 Å². The van der Waals surface area contributed by atoms with Gasteiger partial charge < -0.3 is 23.7 Å². The smallest absolute Gasteiger partial charge is 0.119 e. The molecule has 1 aliphatic rings. The molecule has 1 heterocycles. The van der Waals surface area contributed by atoms with E-state index in [0.717, 1.165) is 66.0 Å². The Kier molecular flexibility index (Phi) is 16.9. The molecule has 0 aromatic heterocycles. The fourth-order valence-electron chi connectivity index (χ4n) is 8.33. The lowest BCUT2D eigenvalue weighted by Gasteiger charge is -2.49. The van der Waals surface area contributed by atoms with Gasteiger partial charge in [0.1, 0.15) is 30.2 Å². The van der Waals surface area contributed by atoms with Crippen LogP contribution in [0.2, 0.25) is 5.02 Å². The quantitative estimate of drug-likeness (QED) is 0.0515. The molecule has 0 N–H and O–H groups in total. The zero-order chi connectivity index (χ0) is 40.6. The first kappa shape index (κ1) is 43.6. The van der Waals surface area contributed by atoms with Gasteiger partial charge in [-0.2, -0.15) is 0 Å². The monoisotopic (exact) mass is 802 g/mol. The van der Waals surface area contributed by atoms with Crippen LogP contribution in [-0.2, 0) is 30.8 Å². The predicted octanol–water partition coefficient (Wildman–Crippen LogP) is 12.7. The van der Waals surface area contributed by atoms with Crippen LogP contribution in [0, 0.1) is 0 Å². The van der Waals surface area contributed by atoms with Crippen molar-refractivity contribution < 1.29 is 23.7 Å². The Labute approximate surface area is 353 Å². The summed E-state index contributed by atoms with van der Waals surface area (Å²) < 4.78 is 34.4. The van der Waals surface area contributed by atoms with E-state index in [9.17, 15) is 0 Å². The molecule has 0 saturated carbocycles. The number of ether oxygens (including phenoxy) is 5. The van der Waals surface area contributed by atoms with E-state index in [1.807, 2.05) is 25.1 Å². The first-order valence-corrected chi connectivity index (χ1v) is 22.1. The van der Waals surface area contributed by atoms with Gasteiger partial charge in [-0.1, -0.05) is 167 Å². The molecule has 308 valence electrons. The molecule has 0 bridgehead atoms. The molecular weight excluding hydrogens is 740 g/mol. The van der Waals surface area contributed by atoms with E-state index in [2.05, 4.69) is 136 Å². The molecule has 5 aromatic rings. The third-order valence-corrected chi connectivity index (χ3v) is 11.8. The van der Waals surface area contributed by atoms with Crippen molar-refractivity contribution in [3.8, 4) is 5.75 Å². The molecule has 0 aliphatic carbocycles. The second kappa shape index (κ2) is 22.4. The number of halogens is 1. The van der Waals surface area contributed by atoms with Crippen LogP contribution in [0.1, 0.15) is 112 Å². The van der Waals surface area contributed by atoms with Crippen molar-refractivity contribution in [1.82, 2.24) is 0 Å². The van der Waals surface area contributed by atoms with Crippen molar-refractivity contribution in [1.29, 1.82) is 0 Å². The number of hydrogen-bond donors (Lipinski definition) is 0. The van der Waals surface area contributed by atoms with Gasteiger partial charge in [-0.3, -0.25) is 0 Å². The average molecular weight is 804 g/mol. The normalized spacial score (nSPS) is 19.6. The molecule has 5 nitrogen and oxygen atoms in total. The van der Waals surface area contributed by atoms with Crippen molar-refractivity contribution in [3.63, 3.8) is 0 Å². The summed E-state index contributed by atoms with van der Waals surface area (Å²) in [5.74, 6) is 0.863. The molecule has 0 radical (unpaired) electrons. The minimum Gasteiger partial charge on any atom is -0.494 e. The summed E-state index contributed by atoms with van der Waals surface area (Å²) in [6.45, 7) is 11.1. The highest BCUT2D eigenvalue weighted by atomic mass is 35.5. The SMILES string of the molecule is CCCCO[C@@H]1[C@@H](OCCCC)[C@H](c2ccc(Cl)c(Cc3ccc(OCC)cc3)c2)O[C@H](CC(c2ccccc2)(c2ccccc2)c2ccccc2)[C@H]1OCCCC. The van der Waals surface area contributed by atoms with Crippen LogP contribution in [-0.4, -0.2) is 50.8 Å². The molecule has 0 spiro atoms. The molecule has 1 saturated heterocycles. The van der Waals surface area contributed by atoms with E-state index < -0.39 is 17.6 Å². The summed E-state index contributed by atoms with van der Waals surface area (Å²) in [6, 6.07) is 47.3. The summed E-state index contributed by atoms with van der Waals surface area (Å²) in [5, 5.41) is 0.723. The molecule has 1 fully saturated rings. The summed E-state index contributed by atoms with van der Waals surface area (Å²) in [4.78, 5) is 0. The van der Waals surface area contributed by atoms with Gasteiger partial charge >= 0.3 is 0 Å². The Morgan fingerprint density at radius 1 is 0.569 bits per heavy atom. The molecule has 5 atom stereocenters. The van der Waals surface area contributed by atoms with Gasteiger partial charge in [0.25, 0.3) is 0 Å². The van der Waals surface area contributed by atoms with Gasteiger partial charge in [0.2, 0.25) is 0 Å². The predicted molar refractivity (Wildman–Crippen MR) is 237 cm³/mol. The van der Waals surface area contributed by atoms with Gasteiger partial charge in [-0.05, 0) is 90.6 Å². The van der Waals surface area contributed by atoms with Gasteiger partial charge in [0.05, 0.1) is 12.7 Å². The highest BCUT2D eigenvalue weighted by Crippen LogP contribution is 2.48. The van der Waals surface area contributed by atoms with Crippen LogP contribution in [0.5, 0.6) is 5.75 Å². The van der Waals surface area contributed by atoms with Crippen LogP contribution in [0.15, 0.2) is 133 Å². The summed E-state index contributed by atoms with van der Waals surface area (Å²) >= 11 is 6.99. The molecule has 6 rings (SSSR count). The minimum atomic E-state index is -0.561. The first-order valence-electron chi connectivity index (χ1n) is 21.7. The van der Waals surface area contributed by atoms with Crippen LogP contribution < -0.4 is 4.74 Å². The summed E-state index contributed by atoms with van der Waals surface area (Å²) in [5.41, 5.74) is 6.26. The van der Waals surface area contributed by atoms with Gasteiger partial charge in [-0.15, -0.1) is 0 Å². The van der Waals surface area contributed by atoms with E-state index in [0.29, 0.717) is 39.3 Å². The standard InChI is InChI=1S/C52H63ClO5/c1-5-9-33-55-49-47(38-52(42-21-15-12-16-22-42,43-23-17-13-18-24-43)44-25-19-14-20-26-44)58-48(50(56-34-10-6-2)51(49)57-35-11-7-3)40-29-32-46(53)41(37-40)36-39-27-30-45(31-28-39)54-8-4/h12-32,37,47-51H,5-11,33-36,38H2,1-4H3/t47-,48+,49-,50+,51+/m1/s1. The van der Waals surface area contributed by atoms with Gasteiger partial charge in [0.15, 0.2) is 0 Å². The van der Waals surface area contributed by atoms with E-state index >= 15 is 0 Å². The fourth-order valence-corrected chi connectivity index (χ4v) is 8.52. The van der Waals surface area contributed by atoms with Crippen molar-refractivity contribution in [3.05, 3.63) is 172 Å². The van der Waals surface area contributed by atoms with Crippen molar-refractivity contribution in [2.45, 2.75) is 115 Å². The maximum Gasteiger partial charge on any atom is 0.119 e. The Morgan fingerprint density at radius 3 is 1.57 bits per heavy atom. The third kappa shape index (κ3) is 10.8. The number of rotatable bonds is 22. The van der Waals surface area contributed by atoms with Gasteiger partial charge in [-0.25, -0.2) is 0 Å². The van der Waals surface area contributed by atoms with Crippen molar-refractivity contribution in [2.24, 2.45) is 0 Å². The summed E-state index contributed by atoms with van der Waals surface area (Å²) in [7, 11) is 0. The van der Waals surface area contributed by atoms with Crippen LogP contribution in [0.3, 0.4) is 0 Å². The molecule has 58 heavy (non-hydrogen) atoms. The largest absolute Gasteiger partial charge is 0.494 e.